The van der Waals surface area contributed by atoms with Gasteiger partial charge in [0, 0.05) is 30.4 Å². The van der Waals surface area contributed by atoms with Crippen molar-refractivity contribution in [2.24, 2.45) is 5.73 Å². The molecule has 1 atom stereocenters. The number of rotatable bonds is 5. The lowest BCUT2D eigenvalue weighted by molar-refractivity contribution is 0.585. The number of hydrogen-bond acceptors (Lipinski definition) is 3. The molecule has 0 radical (unpaired) electrons. The number of aromatic nitrogens is 3. The van der Waals surface area contributed by atoms with E-state index in [4.69, 9.17) is 17.3 Å². The largest absolute Gasteiger partial charge is 0.324 e. The highest BCUT2D eigenvalue weighted by molar-refractivity contribution is 6.31. The summed E-state index contributed by atoms with van der Waals surface area (Å²) < 4.78 is 1.96. The fourth-order valence-electron chi connectivity index (χ4n) is 2.62. The van der Waals surface area contributed by atoms with Crippen molar-refractivity contribution < 1.29 is 0 Å². The first kappa shape index (κ1) is 16.0. The van der Waals surface area contributed by atoms with Gasteiger partial charge in [0.2, 0.25) is 0 Å². The number of aryl methyl sites for hydroxylation is 4. The third kappa shape index (κ3) is 3.44. The summed E-state index contributed by atoms with van der Waals surface area (Å²) in [6.45, 7) is 8.91. The molecule has 0 amide bonds. The van der Waals surface area contributed by atoms with E-state index in [-0.39, 0.29) is 6.04 Å². The van der Waals surface area contributed by atoms with Crippen molar-refractivity contribution in [1.29, 1.82) is 0 Å². The Morgan fingerprint density at radius 3 is 2.38 bits per heavy atom. The lowest BCUT2D eigenvalue weighted by Gasteiger charge is -2.14. The van der Waals surface area contributed by atoms with Gasteiger partial charge in [-0.2, -0.15) is 5.10 Å². The highest BCUT2D eigenvalue weighted by Crippen LogP contribution is 2.26. The van der Waals surface area contributed by atoms with Crippen molar-refractivity contribution in [3.05, 3.63) is 45.5 Å². The van der Waals surface area contributed by atoms with Crippen LogP contribution < -0.4 is 5.73 Å². The lowest BCUT2D eigenvalue weighted by Crippen LogP contribution is -2.17. The van der Waals surface area contributed by atoms with Crippen LogP contribution in [0.5, 0.6) is 0 Å². The normalized spacial score (nSPS) is 12.7. The van der Waals surface area contributed by atoms with Crippen molar-refractivity contribution >= 4 is 11.6 Å². The molecule has 0 saturated heterocycles. The topological polar surface area (TPSA) is 56.7 Å². The van der Waals surface area contributed by atoms with Crippen LogP contribution in [0.3, 0.4) is 0 Å². The molecule has 114 valence electrons. The molecular weight excluding hydrogens is 284 g/mol. The average Bonchev–Trinajstić information content (AvgIpc) is 2.74. The van der Waals surface area contributed by atoms with Crippen LogP contribution in [-0.2, 0) is 19.4 Å². The molecule has 0 aliphatic rings. The molecule has 2 aromatic heterocycles. The van der Waals surface area contributed by atoms with Crippen LogP contribution in [0.15, 0.2) is 12.1 Å². The Balaban J connectivity index is 2.30. The summed E-state index contributed by atoms with van der Waals surface area (Å²) in [5.74, 6) is 0. The van der Waals surface area contributed by atoms with Crippen LogP contribution in [0.4, 0.5) is 0 Å². The monoisotopic (exact) mass is 306 g/mol. The van der Waals surface area contributed by atoms with Crippen LogP contribution in [-0.4, -0.2) is 14.8 Å². The maximum Gasteiger partial charge on any atom is 0.0850 e. The highest BCUT2D eigenvalue weighted by Gasteiger charge is 2.18. The Morgan fingerprint density at radius 2 is 1.86 bits per heavy atom. The molecule has 0 aliphatic carbocycles. The third-order valence-corrected chi connectivity index (χ3v) is 4.08. The van der Waals surface area contributed by atoms with Crippen molar-refractivity contribution in [1.82, 2.24) is 14.8 Å². The number of halogens is 1. The van der Waals surface area contributed by atoms with Crippen LogP contribution >= 0.6 is 11.6 Å². The van der Waals surface area contributed by atoms with Crippen LogP contribution in [0.1, 0.15) is 48.2 Å². The van der Waals surface area contributed by atoms with E-state index >= 15 is 0 Å². The fraction of sp³-hybridized carbons (Fsp3) is 0.500. The summed E-state index contributed by atoms with van der Waals surface area (Å²) >= 11 is 6.45. The molecule has 0 fully saturated rings. The van der Waals surface area contributed by atoms with Crippen molar-refractivity contribution in [3.8, 4) is 0 Å². The summed E-state index contributed by atoms with van der Waals surface area (Å²) in [4.78, 5) is 4.39. The predicted octanol–water partition coefficient (Wildman–Crippen LogP) is 3.37. The van der Waals surface area contributed by atoms with Gasteiger partial charge in [-0.15, -0.1) is 0 Å². The zero-order valence-electron chi connectivity index (χ0n) is 13.2. The minimum Gasteiger partial charge on any atom is -0.324 e. The van der Waals surface area contributed by atoms with E-state index in [1.54, 1.807) is 0 Å². The van der Waals surface area contributed by atoms with Crippen LogP contribution in [0, 0.1) is 13.8 Å². The minimum absolute atomic E-state index is 0.102. The molecule has 0 aliphatic heterocycles. The van der Waals surface area contributed by atoms with Gasteiger partial charge >= 0.3 is 0 Å². The van der Waals surface area contributed by atoms with E-state index in [0.717, 1.165) is 46.3 Å². The molecule has 4 nitrogen and oxygen atoms in total. The minimum atomic E-state index is -0.102. The smallest absolute Gasteiger partial charge is 0.0850 e. The second kappa shape index (κ2) is 6.58. The predicted molar refractivity (Wildman–Crippen MR) is 86.6 cm³/mol. The molecule has 21 heavy (non-hydrogen) atoms. The standard InChI is InChI=1S/C16H23ClN4/c1-5-14-16(17)15(21(6-2)20-14)9-13(18)12-7-10(3)19-11(4)8-12/h7-8,13H,5-6,9,18H2,1-4H3. The molecular formula is C16H23ClN4. The van der Waals surface area contributed by atoms with Crippen molar-refractivity contribution in [2.45, 2.75) is 53.1 Å². The maximum atomic E-state index is 6.45. The van der Waals surface area contributed by atoms with E-state index in [9.17, 15) is 0 Å². The first-order chi connectivity index (χ1) is 9.96. The Bertz CT molecular complexity index is 613. The van der Waals surface area contributed by atoms with Gasteiger partial charge in [0.25, 0.3) is 0 Å². The number of pyridine rings is 1. The van der Waals surface area contributed by atoms with Gasteiger partial charge in [0.05, 0.1) is 16.4 Å². The van der Waals surface area contributed by atoms with Crippen LogP contribution in [0.25, 0.3) is 0 Å². The Hall–Kier alpha value is -1.39. The van der Waals surface area contributed by atoms with Gasteiger partial charge < -0.3 is 5.73 Å². The zero-order valence-corrected chi connectivity index (χ0v) is 13.9. The molecule has 2 heterocycles. The summed E-state index contributed by atoms with van der Waals surface area (Å²) in [5.41, 5.74) is 11.4. The molecule has 1 unspecified atom stereocenters. The zero-order chi connectivity index (χ0) is 15.6. The molecule has 2 aromatic rings. The lowest BCUT2D eigenvalue weighted by atomic mass is 10.0. The van der Waals surface area contributed by atoms with E-state index in [0.29, 0.717) is 6.42 Å². The third-order valence-electron chi connectivity index (χ3n) is 3.64. The maximum absolute atomic E-state index is 6.45. The van der Waals surface area contributed by atoms with Crippen LogP contribution in [0.2, 0.25) is 5.02 Å². The van der Waals surface area contributed by atoms with Gasteiger partial charge in [-0.25, -0.2) is 0 Å². The molecule has 0 bridgehead atoms. The summed E-state index contributed by atoms with van der Waals surface area (Å²) in [5, 5.41) is 5.31. The fourth-order valence-corrected chi connectivity index (χ4v) is 2.97. The van der Waals surface area contributed by atoms with E-state index in [2.05, 4.69) is 23.9 Å². The van der Waals surface area contributed by atoms with Gasteiger partial charge in [0.1, 0.15) is 0 Å². The quantitative estimate of drug-likeness (QED) is 0.921. The SMILES string of the molecule is CCc1nn(CC)c(CC(N)c2cc(C)nc(C)c2)c1Cl. The molecule has 5 heteroatoms. The Labute approximate surface area is 131 Å². The first-order valence-corrected chi connectivity index (χ1v) is 7.78. The first-order valence-electron chi connectivity index (χ1n) is 7.41. The van der Waals surface area contributed by atoms with E-state index < -0.39 is 0 Å². The van der Waals surface area contributed by atoms with Crippen molar-refractivity contribution in [3.63, 3.8) is 0 Å². The average molecular weight is 307 g/mol. The Morgan fingerprint density at radius 1 is 1.24 bits per heavy atom. The van der Waals surface area contributed by atoms with Gasteiger partial charge in [-0.1, -0.05) is 18.5 Å². The second-order valence-electron chi connectivity index (χ2n) is 5.37. The summed E-state index contributed by atoms with van der Waals surface area (Å²) in [6.07, 6.45) is 1.52. The molecule has 0 saturated carbocycles. The number of nitrogens with zero attached hydrogens (tertiary/aromatic N) is 3. The van der Waals surface area contributed by atoms with Gasteiger partial charge in [-0.05, 0) is 44.9 Å². The van der Waals surface area contributed by atoms with E-state index in [1.807, 2.05) is 30.7 Å². The van der Waals surface area contributed by atoms with Gasteiger partial charge in [0.15, 0.2) is 0 Å². The Kier molecular flexibility index (Phi) is 5.01. The highest BCUT2D eigenvalue weighted by atomic mass is 35.5. The molecule has 0 aromatic carbocycles. The molecule has 2 N–H and O–H groups in total. The number of hydrogen-bond donors (Lipinski definition) is 1. The summed E-state index contributed by atoms with van der Waals surface area (Å²) in [6, 6.07) is 3.98. The second-order valence-corrected chi connectivity index (χ2v) is 5.75. The van der Waals surface area contributed by atoms with E-state index in [1.165, 1.54) is 0 Å². The van der Waals surface area contributed by atoms with Crippen molar-refractivity contribution in [2.75, 3.05) is 0 Å². The number of nitrogens with two attached hydrogens (primary N) is 1. The molecule has 0 spiro atoms. The summed E-state index contributed by atoms with van der Waals surface area (Å²) in [7, 11) is 0. The van der Waals surface area contributed by atoms with Gasteiger partial charge in [-0.3, -0.25) is 9.67 Å². The molecule has 2 rings (SSSR count).